The van der Waals surface area contributed by atoms with Crippen LogP contribution in [0.15, 0.2) is 54.7 Å². The van der Waals surface area contributed by atoms with E-state index in [0.717, 1.165) is 41.7 Å². The van der Waals surface area contributed by atoms with Crippen molar-refractivity contribution >= 4 is 16.9 Å². The lowest BCUT2D eigenvalue weighted by Crippen LogP contribution is -2.38. The highest BCUT2D eigenvalue weighted by molar-refractivity contribution is 5.80. The third-order valence-corrected chi connectivity index (χ3v) is 4.48. The van der Waals surface area contributed by atoms with Crippen LogP contribution in [0.5, 0.6) is 5.75 Å². The van der Waals surface area contributed by atoms with Gasteiger partial charge in [0.25, 0.3) is 5.91 Å². The molecule has 27 heavy (non-hydrogen) atoms. The van der Waals surface area contributed by atoms with Crippen molar-refractivity contribution in [3.05, 3.63) is 54.7 Å². The molecule has 1 heterocycles. The first-order valence-corrected chi connectivity index (χ1v) is 9.32. The van der Waals surface area contributed by atoms with E-state index in [1.54, 1.807) is 18.0 Å². The Labute approximate surface area is 160 Å². The van der Waals surface area contributed by atoms with Gasteiger partial charge in [0.15, 0.2) is 6.10 Å². The number of rotatable bonds is 7. The molecule has 0 spiro atoms. The second-order valence-electron chi connectivity index (χ2n) is 6.64. The van der Waals surface area contributed by atoms with Crippen LogP contribution >= 0.6 is 0 Å². The molecule has 0 saturated heterocycles. The second-order valence-corrected chi connectivity index (χ2v) is 6.64. The van der Waals surface area contributed by atoms with Crippen molar-refractivity contribution in [2.24, 2.45) is 0 Å². The molecule has 140 valence electrons. The molecule has 0 fully saturated rings. The normalized spacial score (nSPS) is 12.0. The van der Waals surface area contributed by atoms with Gasteiger partial charge in [0.2, 0.25) is 0 Å². The number of para-hydroxylation sites is 2. The van der Waals surface area contributed by atoms with E-state index in [0.29, 0.717) is 5.75 Å². The van der Waals surface area contributed by atoms with Gasteiger partial charge in [-0.15, -0.1) is 0 Å². The number of fused-ring (bicyclic) bond motifs is 1. The van der Waals surface area contributed by atoms with Crippen LogP contribution in [0.4, 0.5) is 0 Å². The Morgan fingerprint density at radius 3 is 2.52 bits per heavy atom. The molecule has 0 aliphatic rings. The molecule has 5 heteroatoms. The van der Waals surface area contributed by atoms with Gasteiger partial charge in [-0.05, 0) is 49.7 Å². The quantitative estimate of drug-likeness (QED) is 0.627. The zero-order chi connectivity index (χ0) is 19.2. The molecule has 3 rings (SSSR count). The van der Waals surface area contributed by atoms with Crippen molar-refractivity contribution in [2.45, 2.75) is 32.8 Å². The molecular formula is C22H25N3O2. The SMILES string of the molecule is CCCCN(C)C(=O)[C@@H](C)Oc1ccc(-c2cnc3ccccc3n2)cc1. The maximum atomic E-state index is 12.3. The van der Waals surface area contributed by atoms with E-state index in [2.05, 4.69) is 16.9 Å². The van der Waals surface area contributed by atoms with Crippen molar-refractivity contribution < 1.29 is 9.53 Å². The Hall–Kier alpha value is -2.95. The summed E-state index contributed by atoms with van der Waals surface area (Å²) in [6, 6.07) is 15.4. The molecule has 1 aromatic heterocycles. The van der Waals surface area contributed by atoms with Crippen molar-refractivity contribution in [3.63, 3.8) is 0 Å². The number of hydrogen-bond donors (Lipinski definition) is 0. The zero-order valence-corrected chi connectivity index (χ0v) is 16.1. The lowest BCUT2D eigenvalue weighted by molar-refractivity contribution is -0.136. The standard InChI is InChI=1S/C22H25N3O2/c1-4-5-14-25(3)22(26)16(2)27-18-12-10-17(11-13-18)21-15-23-19-8-6-7-9-20(19)24-21/h6-13,15-16H,4-5,14H2,1-3H3/t16-/m1/s1. The molecule has 0 bridgehead atoms. The summed E-state index contributed by atoms with van der Waals surface area (Å²) < 4.78 is 5.81. The van der Waals surface area contributed by atoms with Crippen LogP contribution in [0, 0.1) is 0 Å². The molecule has 0 aliphatic heterocycles. The van der Waals surface area contributed by atoms with Gasteiger partial charge in [-0.3, -0.25) is 9.78 Å². The zero-order valence-electron chi connectivity index (χ0n) is 16.1. The Morgan fingerprint density at radius 1 is 1.11 bits per heavy atom. The first-order chi connectivity index (χ1) is 13.1. The fourth-order valence-corrected chi connectivity index (χ4v) is 2.87. The van der Waals surface area contributed by atoms with E-state index < -0.39 is 6.10 Å². The van der Waals surface area contributed by atoms with Crippen molar-refractivity contribution in [3.8, 4) is 17.0 Å². The molecule has 1 amide bonds. The lowest BCUT2D eigenvalue weighted by Gasteiger charge is -2.22. The number of likely N-dealkylation sites (N-methyl/N-ethyl adjacent to an activating group) is 1. The minimum atomic E-state index is -0.516. The third kappa shape index (κ3) is 4.61. The summed E-state index contributed by atoms with van der Waals surface area (Å²) in [4.78, 5) is 23.2. The van der Waals surface area contributed by atoms with Gasteiger partial charge in [0, 0.05) is 19.2 Å². The topological polar surface area (TPSA) is 55.3 Å². The van der Waals surface area contributed by atoms with Crippen LogP contribution in [-0.2, 0) is 4.79 Å². The Bertz CT molecular complexity index is 909. The highest BCUT2D eigenvalue weighted by atomic mass is 16.5. The van der Waals surface area contributed by atoms with Crippen LogP contribution < -0.4 is 4.74 Å². The number of ether oxygens (including phenoxy) is 1. The van der Waals surface area contributed by atoms with Gasteiger partial charge in [-0.2, -0.15) is 0 Å². The molecular weight excluding hydrogens is 338 g/mol. The fourth-order valence-electron chi connectivity index (χ4n) is 2.87. The maximum absolute atomic E-state index is 12.3. The highest BCUT2D eigenvalue weighted by Crippen LogP contribution is 2.22. The lowest BCUT2D eigenvalue weighted by atomic mass is 10.1. The van der Waals surface area contributed by atoms with Crippen LogP contribution in [0.2, 0.25) is 0 Å². The van der Waals surface area contributed by atoms with E-state index in [4.69, 9.17) is 4.74 Å². The molecule has 2 aromatic carbocycles. The van der Waals surface area contributed by atoms with E-state index in [1.807, 2.05) is 55.6 Å². The molecule has 0 radical (unpaired) electrons. The summed E-state index contributed by atoms with van der Waals surface area (Å²) >= 11 is 0. The first-order valence-electron chi connectivity index (χ1n) is 9.32. The first kappa shape index (κ1) is 18.8. The average molecular weight is 363 g/mol. The van der Waals surface area contributed by atoms with Gasteiger partial charge in [-0.25, -0.2) is 4.98 Å². The van der Waals surface area contributed by atoms with Crippen LogP contribution in [0.1, 0.15) is 26.7 Å². The minimum absolute atomic E-state index is 0.00655. The van der Waals surface area contributed by atoms with Gasteiger partial charge in [-0.1, -0.05) is 25.5 Å². The smallest absolute Gasteiger partial charge is 0.263 e. The number of hydrogen-bond acceptors (Lipinski definition) is 4. The van der Waals surface area contributed by atoms with E-state index in [1.165, 1.54) is 0 Å². The van der Waals surface area contributed by atoms with E-state index >= 15 is 0 Å². The van der Waals surface area contributed by atoms with Crippen LogP contribution in [0.25, 0.3) is 22.3 Å². The van der Waals surface area contributed by atoms with Crippen molar-refractivity contribution in [2.75, 3.05) is 13.6 Å². The Kier molecular flexibility index (Phi) is 6.01. The predicted molar refractivity (Wildman–Crippen MR) is 108 cm³/mol. The van der Waals surface area contributed by atoms with Gasteiger partial charge in [0.05, 0.1) is 22.9 Å². The Morgan fingerprint density at radius 2 is 1.81 bits per heavy atom. The number of carbonyl (C=O) groups excluding carboxylic acids is 1. The molecule has 5 nitrogen and oxygen atoms in total. The largest absolute Gasteiger partial charge is 0.481 e. The van der Waals surface area contributed by atoms with Crippen molar-refractivity contribution in [1.29, 1.82) is 0 Å². The van der Waals surface area contributed by atoms with Crippen LogP contribution in [-0.4, -0.2) is 40.5 Å². The molecule has 1 atom stereocenters. The summed E-state index contributed by atoms with van der Waals surface area (Å²) in [7, 11) is 1.82. The molecule has 0 saturated carbocycles. The van der Waals surface area contributed by atoms with E-state index in [9.17, 15) is 4.79 Å². The number of amides is 1. The van der Waals surface area contributed by atoms with Gasteiger partial charge >= 0.3 is 0 Å². The molecule has 0 N–H and O–H groups in total. The fraction of sp³-hybridized carbons (Fsp3) is 0.318. The second kappa shape index (κ2) is 8.62. The monoisotopic (exact) mass is 363 g/mol. The third-order valence-electron chi connectivity index (χ3n) is 4.48. The van der Waals surface area contributed by atoms with E-state index in [-0.39, 0.29) is 5.91 Å². The average Bonchev–Trinajstić information content (AvgIpc) is 2.71. The molecule has 0 unspecified atom stereocenters. The van der Waals surface area contributed by atoms with Gasteiger partial charge in [0.1, 0.15) is 5.75 Å². The highest BCUT2D eigenvalue weighted by Gasteiger charge is 2.18. The number of unbranched alkanes of at least 4 members (excludes halogenated alkanes) is 1. The number of aromatic nitrogens is 2. The summed E-state index contributed by atoms with van der Waals surface area (Å²) in [6.07, 6.45) is 3.31. The number of carbonyl (C=O) groups is 1. The van der Waals surface area contributed by atoms with Crippen LogP contribution in [0.3, 0.4) is 0 Å². The predicted octanol–water partition coefficient (Wildman–Crippen LogP) is 4.32. The molecule has 0 aliphatic carbocycles. The minimum Gasteiger partial charge on any atom is -0.481 e. The molecule has 3 aromatic rings. The summed E-state index contributed by atoms with van der Waals surface area (Å²) in [5.41, 5.74) is 3.51. The Balaban J connectivity index is 1.68. The number of benzene rings is 2. The summed E-state index contributed by atoms with van der Waals surface area (Å²) in [5, 5.41) is 0. The summed E-state index contributed by atoms with van der Waals surface area (Å²) in [6.45, 7) is 4.65. The summed E-state index contributed by atoms with van der Waals surface area (Å²) in [5.74, 6) is 0.658. The maximum Gasteiger partial charge on any atom is 0.263 e. The number of nitrogens with zero attached hydrogens (tertiary/aromatic N) is 3. The van der Waals surface area contributed by atoms with Crippen molar-refractivity contribution in [1.82, 2.24) is 14.9 Å². The van der Waals surface area contributed by atoms with Gasteiger partial charge < -0.3 is 9.64 Å².